The molecule has 0 atom stereocenters. The molecule has 2 aliphatic heterocycles. The van der Waals surface area contributed by atoms with Crippen molar-refractivity contribution in [1.82, 2.24) is 19.9 Å². The van der Waals surface area contributed by atoms with Gasteiger partial charge in [0.15, 0.2) is 0 Å². The number of nitrogens with zero attached hydrogens (tertiary/aromatic N) is 2. The molecule has 8 heteroatoms. The van der Waals surface area contributed by atoms with Crippen LogP contribution in [-0.2, 0) is 0 Å². The Morgan fingerprint density at radius 3 is 0.769 bits per heavy atom. The van der Waals surface area contributed by atoms with Crippen molar-refractivity contribution in [2.24, 2.45) is 0 Å². The monoisotopic (exact) mass is 686 g/mol. The highest BCUT2D eigenvalue weighted by atomic mass is 16.3. The second-order valence-electron chi connectivity index (χ2n) is 12.1. The molecule has 0 unspecified atom stereocenters. The molecule has 52 heavy (non-hydrogen) atoms. The number of phenols is 4. The van der Waals surface area contributed by atoms with Gasteiger partial charge in [0, 0.05) is 44.3 Å². The average molecular weight is 687 g/mol. The van der Waals surface area contributed by atoms with Crippen LogP contribution in [0.25, 0.3) is 90.8 Å². The second-order valence-corrected chi connectivity index (χ2v) is 12.1. The molecule has 8 nitrogen and oxygen atoms in total. The molecular formula is C44H30N4O4. The summed E-state index contributed by atoms with van der Waals surface area (Å²) in [5, 5.41) is 41.0. The largest absolute Gasteiger partial charge is 0.508 e. The van der Waals surface area contributed by atoms with Crippen LogP contribution < -0.4 is 0 Å². The van der Waals surface area contributed by atoms with Gasteiger partial charge in [-0.2, -0.15) is 0 Å². The van der Waals surface area contributed by atoms with Crippen molar-refractivity contribution in [1.29, 1.82) is 0 Å². The summed E-state index contributed by atoms with van der Waals surface area (Å²) < 4.78 is 74.9. The Bertz CT molecular complexity index is 2780. The summed E-state index contributed by atoms with van der Waals surface area (Å²) in [6.07, 6.45) is 0. The van der Waals surface area contributed by atoms with E-state index in [4.69, 9.17) is 9.97 Å². The van der Waals surface area contributed by atoms with Gasteiger partial charge in [0.05, 0.1) is 33.7 Å². The summed E-state index contributed by atoms with van der Waals surface area (Å²) in [6.45, 7) is 0. The van der Waals surface area contributed by atoms with E-state index in [0.29, 0.717) is 22.3 Å². The lowest BCUT2D eigenvalue weighted by molar-refractivity contribution is 0.475. The van der Waals surface area contributed by atoms with Crippen LogP contribution in [0, 0.1) is 0 Å². The Kier molecular flexibility index (Phi) is 5.44. The second kappa shape index (κ2) is 12.2. The SMILES string of the molecule is [2H]C1=C([2H])c2nc1c(-c1ccc(O)cc1)c1[nH]c(c([2H])c1[2H])c(-c1ccc(O)cc1)c1nc(c(-c3ccc(O)cc3)c3[nH]c(c([2H])c3[2H])c2-c2ccc(O)cc2)C([2H])=C1[2H]. The third-order valence-corrected chi connectivity index (χ3v) is 8.74. The number of hydrogen-bond donors (Lipinski definition) is 6. The highest BCUT2D eigenvalue weighted by Crippen LogP contribution is 2.39. The third-order valence-electron chi connectivity index (χ3n) is 8.74. The molecule has 6 N–H and O–H groups in total. The zero-order valence-corrected chi connectivity index (χ0v) is 26.9. The van der Waals surface area contributed by atoms with Crippen LogP contribution in [0.15, 0.2) is 121 Å². The molecule has 3 aromatic heterocycles. The van der Waals surface area contributed by atoms with E-state index in [0.717, 1.165) is 0 Å². The molecule has 250 valence electrons. The number of fused-ring (bicyclic) bond motifs is 8. The summed E-state index contributed by atoms with van der Waals surface area (Å²) in [6, 6.07) is 20.5. The van der Waals surface area contributed by atoms with Crippen molar-refractivity contribution in [3.8, 4) is 67.5 Å². The number of aromatic nitrogens is 4. The molecule has 4 aromatic carbocycles. The normalized spacial score (nSPS) is 14.9. The van der Waals surface area contributed by atoms with Gasteiger partial charge in [0.25, 0.3) is 0 Å². The molecule has 0 spiro atoms. The Labute approximate surface area is 308 Å². The summed E-state index contributed by atoms with van der Waals surface area (Å²) in [5.74, 6) is -0.301. The van der Waals surface area contributed by atoms with Crippen LogP contribution >= 0.6 is 0 Å². The van der Waals surface area contributed by atoms with Gasteiger partial charge in [0.1, 0.15) is 23.0 Å². The van der Waals surface area contributed by atoms with E-state index in [1.165, 1.54) is 97.1 Å². The molecule has 0 saturated carbocycles. The summed E-state index contributed by atoms with van der Waals surface area (Å²) in [4.78, 5) is 16.1. The Morgan fingerprint density at radius 2 is 0.558 bits per heavy atom. The first-order chi connectivity index (χ1) is 28.7. The number of phenolic OH excluding ortho intramolecular Hbond substituents is 4. The number of rotatable bonds is 4. The van der Waals surface area contributed by atoms with Gasteiger partial charge in [-0.05, 0) is 119 Å². The third kappa shape index (κ3) is 5.45. The first kappa shape index (κ1) is 23.2. The molecular weight excluding hydrogens is 649 g/mol. The zero-order chi connectivity index (χ0) is 42.3. The maximum absolute atomic E-state index is 10.3. The van der Waals surface area contributed by atoms with E-state index >= 15 is 0 Å². The molecule has 0 radical (unpaired) electrons. The van der Waals surface area contributed by atoms with Gasteiger partial charge in [-0.25, -0.2) is 9.97 Å². The lowest BCUT2D eigenvalue weighted by Crippen LogP contribution is -1.89. The first-order valence-corrected chi connectivity index (χ1v) is 16.1. The van der Waals surface area contributed by atoms with Crippen molar-refractivity contribution < 1.29 is 31.4 Å². The van der Waals surface area contributed by atoms with Gasteiger partial charge >= 0.3 is 0 Å². The molecule has 0 saturated heterocycles. The molecule has 5 heterocycles. The van der Waals surface area contributed by atoms with Gasteiger partial charge in [-0.1, -0.05) is 48.5 Å². The maximum Gasteiger partial charge on any atom is 0.115 e. The minimum atomic E-state index is -0.381. The van der Waals surface area contributed by atoms with E-state index in [1.54, 1.807) is 0 Å². The molecule has 0 aliphatic carbocycles. The zero-order valence-electron chi connectivity index (χ0n) is 34.9. The van der Waals surface area contributed by atoms with Crippen LogP contribution in [0.4, 0.5) is 0 Å². The van der Waals surface area contributed by atoms with Crippen molar-refractivity contribution in [3.05, 3.63) is 144 Å². The van der Waals surface area contributed by atoms with E-state index in [9.17, 15) is 31.4 Å². The number of nitrogens with one attached hydrogen (secondary N) is 2. The molecule has 7 aromatic rings. The van der Waals surface area contributed by atoms with Gasteiger partial charge in [0.2, 0.25) is 0 Å². The number of aromatic hydroxyl groups is 4. The minimum absolute atomic E-state index is 0.00895. The summed E-state index contributed by atoms with van der Waals surface area (Å²) in [5.41, 5.74) is 1.40. The van der Waals surface area contributed by atoms with E-state index < -0.39 is 0 Å². The average Bonchev–Trinajstić information content (AvgIpc) is 3.89. The van der Waals surface area contributed by atoms with Crippen molar-refractivity contribution in [3.63, 3.8) is 0 Å². The fourth-order valence-electron chi connectivity index (χ4n) is 6.28. The van der Waals surface area contributed by atoms with Crippen LogP contribution in [-0.4, -0.2) is 40.4 Å². The Morgan fingerprint density at radius 1 is 0.346 bits per heavy atom. The highest BCUT2D eigenvalue weighted by molar-refractivity contribution is 5.99. The van der Waals surface area contributed by atoms with E-state index in [-0.39, 0.29) is 138 Å². The van der Waals surface area contributed by atoms with Gasteiger partial charge in [-0.3, -0.25) is 0 Å². The van der Waals surface area contributed by atoms with Gasteiger partial charge in [-0.15, -0.1) is 0 Å². The smallest absolute Gasteiger partial charge is 0.115 e. The fourth-order valence-corrected chi connectivity index (χ4v) is 6.28. The predicted molar refractivity (Wildman–Crippen MR) is 207 cm³/mol. The highest BCUT2D eigenvalue weighted by Gasteiger charge is 2.19. The lowest BCUT2D eigenvalue weighted by atomic mass is 10.0. The van der Waals surface area contributed by atoms with Crippen molar-refractivity contribution >= 4 is 46.3 Å². The van der Waals surface area contributed by atoms with Gasteiger partial charge < -0.3 is 30.4 Å². The Hall–Kier alpha value is -7.32. The summed E-state index contributed by atoms with van der Waals surface area (Å²) >= 11 is 0. The topological polar surface area (TPSA) is 138 Å². The van der Waals surface area contributed by atoms with Crippen LogP contribution in [0.5, 0.6) is 23.0 Å². The molecule has 8 bridgehead atoms. The fraction of sp³-hybridized carbons (Fsp3) is 0. The predicted octanol–water partition coefficient (Wildman–Crippen LogP) is 10.1. The van der Waals surface area contributed by atoms with Crippen LogP contribution in [0.2, 0.25) is 0 Å². The van der Waals surface area contributed by atoms with Crippen molar-refractivity contribution in [2.45, 2.75) is 0 Å². The number of aromatic amines is 2. The van der Waals surface area contributed by atoms with Crippen molar-refractivity contribution in [2.75, 3.05) is 0 Å². The molecule has 2 aliphatic rings. The molecule has 0 fully saturated rings. The molecule has 0 amide bonds. The summed E-state index contributed by atoms with van der Waals surface area (Å²) in [7, 11) is 0. The van der Waals surface area contributed by atoms with Crippen LogP contribution in [0.1, 0.15) is 33.7 Å². The lowest BCUT2D eigenvalue weighted by Gasteiger charge is -2.07. The van der Waals surface area contributed by atoms with E-state index in [1.807, 2.05) is 0 Å². The maximum atomic E-state index is 10.3. The molecule has 9 rings (SSSR count). The number of benzene rings is 4. The standard InChI is InChI=1S/C44H30N4O4/c49-29-9-1-25(2-10-29)41-33-17-19-35(45-33)42(26-3-11-30(50)12-4-26)37-21-23-39(47-37)44(28-7-15-32(52)16-8-28)40-24-22-38(48-40)43(36-20-18-34(41)46-36)27-5-13-31(51)14-6-27/h1-24,45,48-52H/i17D,18D,19D,20D,21D,22D,23D,24D. The Balaban J connectivity index is 1.62. The van der Waals surface area contributed by atoms with E-state index in [2.05, 4.69) is 9.97 Å². The number of H-pyrrole nitrogens is 2. The minimum Gasteiger partial charge on any atom is -0.508 e. The number of hydrogen-bond acceptors (Lipinski definition) is 6. The van der Waals surface area contributed by atoms with Crippen LogP contribution in [0.3, 0.4) is 0 Å². The quantitative estimate of drug-likeness (QED) is 0.109. The first-order valence-electron chi connectivity index (χ1n) is 20.1.